The predicted molar refractivity (Wildman–Crippen MR) is 79.7 cm³/mol. The number of likely N-dealkylation sites (N-methyl/N-ethyl adjacent to an activating group) is 1. The smallest absolute Gasteiger partial charge is 0.115 e. The molecule has 0 amide bonds. The second-order valence-electron chi connectivity index (χ2n) is 4.72. The highest BCUT2D eigenvalue weighted by atomic mass is 32.2. The van der Waals surface area contributed by atoms with E-state index < -0.39 is 0 Å². The molecule has 2 rings (SSSR count). The Morgan fingerprint density at radius 1 is 1.11 bits per heavy atom. The van der Waals surface area contributed by atoms with Gasteiger partial charge in [-0.2, -0.15) is 0 Å². The molecule has 2 nitrogen and oxygen atoms in total. The van der Waals surface area contributed by atoms with Crippen LogP contribution in [0.1, 0.15) is 12.5 Å². The molecule has 0 saturated heterocycles. The minimum Gasteiger partial charge on any atom is -0.508 e. The van der Waals surface area contributed by atoms with E-state index in [2.05, 4.69) is 43.6 Å². The number of phenols is 1. The number of hydrogen-bond acceptors (Lipinski definition) is 2. The van der Waals surface area contributed by atoms with E-state index in [-0.39, 0.29) is 0 Å². The van der Waals surface area contributed by atoms with Crippen LogP contribution in [-0.2, 0) is 6.42 Å². The van der Waals surface area contributed by atoms with Gasteiger partial charge in [-0.15, -0.1) is 0 Å². The van der Waals surface area contributed by atoms with Crippen molar-refractivity contribution in [3.8, 4) is 5.75 Å². The summed E-state index contributed by atoms with van der Waals surface area (Å²) in [6, 6.07) is 16.5. The third kappa shape index (κ3) is 4.01. The van der Waals surface area contributed by atoms with Crippen LogP contribution in [0, 0.1) is 0 Å². The van der Waals surface area contributed by atoms with Gasteiger partial charge < -0.3 is 10.4 Å². The molecule has 100 valence electrons. The standard InChI is InChI=1S/C16H19NOS/c1-12(17-2)11-13-5-3-4-6-16(13)19-15-9-7-14(18)8-10-15/h3-10,12,17-18H,11H2,1-2H3/p+1/t12-/m1/s1. The highest BCUT2D eigenvalue weighted by molar-refractivity contribution is 7.99. The molecule has 0 aliphatic rings. The summed E-state index contributed by atoms with van der Waals surface area (Å²) >= 11 is 1.75. The Balaban J connectivity index is 2.17. The van der Waals surface area contributed by atoms with Gasteiger partial charge in [0.05, 0.1) is 13.1 Å². The maximum atomic E-state index is 9.31. The lowest BCUT2D eigenvalue weighted by atomic mass is 10.1. The number of quaternary nitrogens is 1. The number of nitrogens with two attached hydrogens (primary N) is 1. The van der Waals surface area contributed by atoms with Gasteiger partial charge in [-0.1, -0.05) is 30.0 Å². The summed E-state index contributed by atoms with van der Waals surface area (Å²) in [5, 5.41) is 11.6. The molecule has 2 aromatic carbocycles. The van der Waals surface area contributed by atoms with Gasteiger partial charge in [-0.3, -0.25) is 0 Å². The van der Waals surface area contributed by atoms with Crippen molar-refractivity contribution >= 4 is 11.8 Å². The Morgan fingerprint density at radius 3 is 2.47 bits per heavy atom. The van der Waals surface area contributed by atoms with Crippen LogP contribution in [0.5, 0.6) is 5.75 Å². The van der Waals surface area contributed by atoms with E-state index in [1.165, 1.54) is 10.5 Å². The number of benzene rings is 2. The number of rotatable bonds is 5. The molecule has 1 atom stereocenters. The first-order chi connectivity index (χ1) is 9.19. The Kier molecular flexibility index (Phi) is 4.88. The number of phenolic OH excluding ortho intramolecular Hbond substituents is 1. The van der Waals surface area contributed by atoms with E-state index in [0.29, 0.717) is 11.8 Å². The van der Waals surface area contributed by atoms with Crippen LogP contribution in [0.3, 0.4) is 0 Å². The van der Waals surface area contributed by atoms with Crippen LogP contribution in [0.25, 0.3) is 0 Å². The van der Waals surface area contributed by atoms with Crippen LogP contribution >= 0.6 is 11.8 Å². The average molecular weight is 274 g/mol. The van der Waals surface area contributed by atoms with Crippen molar-refractivity contribution in [2.24, 2.45) is 0 Å². The highest BCUT2D eigenvalue weighted by Crippen LogP contribution is 2.31. The molecule has 0 saturated carbocycles. The van der Waals surface area contributed by atoms with Gasteiger partial charge >= 0.3 is 0 Å². The zero-order chi connectivity index (χ0) is 13.7. The Labute approximate surface area is 118 Å². The summed E-state index contributed by atoms with van der Waals surface area (Å²) in [6.07, 6.45) is 1.07. The SMILES string of the molecule is C[NH2+][C@H](C)Cc1ccccc1Sc1ccc(O)cc1. The fraction of sp³-hybridized carbons (Fsp3) is 0.250. The van der Waals surface area contributed by atoms with Crippen molar-refractivity contribution in [1.82, 2.24) is 0 Å². The van der Waals surface area contributed by atoms with Crippen molar-refractivity contribution in [1.29, 1.82) is 0 Å². The molecule has 2 aromatic rings. The summed E-state index contributed by atoms with van der Waals surface area (Å²) in [5.41, 5.74) is 1.38. The molecule has 19 heavy (non-hydrogen) atoms. The molecule has 0 radical (unpaired) electrons. The quantitative estimate of drug-likeness (QED) is 0.879. The fourth-order valence-electron chi connectivity index (χ4n) is 1.88. The monoisotopic (exact) mass is 274 g/mol. The van der Waals surface area contributed by atoms with Crippen LogP contribution in [0.2, 0.25) is 0 Å². The van der Waals surface area contributed by atoms with Gasteiger partial charge in [-0.25, -0.2) is 0 Å². The first-order valence-electron chi connectivity index (χ1n) is 6.53. The van der Waals surface area contributed by atoms with E-state index in [4.69, 9.17) is 0 Å². The molecular weight excluding hydrogens is 254 g/mol. The summed E-state index contributed by atoms with van der Waals surface area (Å²) in [4.78, 5) is 2.44. The second-order valence-corrected chi connectivity index (χ2v) is 5.83. The molecule has 0 aliphatic heterocycles. The van der Waals surface area contributed by atoms with Gasteiger partial charge in [0.15, 0.2) is 0 Å². The summed E-state index contributed by atoms with van der Waals surface area (Å²) in [7, 11) is 2.11. The second kappa shape index (κ2) is 6.64. The highest BCUT2D eigenvalue weighted by Gasteiger charge is 2.09. The first kappa shape index (κ1) is 14.0. The summed E-state index contributed by atoms with van der Waals surface area (Å²) < 4.78 is 0. The van der Waals surface area contributed by atoms with Crippen molar-refractivity contribution in [2.75, 3.05) is 7.05 Å². The third-order valence-corrected chi connectivity index (χ3v) is 4.27. The molecule has 0 heterocycles. The first-order valence-corrected chi connectivity index (χ1v) is 7.35. The van der Waals surface area contributed by atoms with E-state index >= 15 is 0 Å². The van der Waals surface area contributed by atoms with Crippen LogP contribution < -0.4 is 5.32 Å². The van der Waals surface area contributed by atoms with Gasteiger partial charge in [0.2, 0.25) is 0 Å². The van der Waals surface area contributed by atoms with Crippen molar-refractivity contribution in [3.63, 3.8) is 0 Å². The Hall–Kier alpha value is -1.45. The minimum atomic E-state index is 0.312. The molecule has 0 aliphatic carbocycles. The molecule has 0 spiro atoms. The third-order valence-electron chi connectivity index (χ3n) is 3.15. The zero-order valence-corrected chi connectivity index (χ0v) is 12.2. The zero-order valence-electron chi connectivity index (χ0n) is 11.3. The van der Waals surface area contributed by atoms with Gasteiger partial charge in [-0.05, 0) is 42.8 Å². The van der Waals surface area contributed by atoms with Gasteiger partial charge in [0.25, 0.3) is 0 Å². The lowest BCUT2D eigenvalue weighted by molar-refractivity contribution is -0.659. The van der Waals surface area contributed by atoms with Crippen molar-refractivity contribution in [2.45, 2.75) is 29.2 Å². The normalized spacial score (nSPS) is 12.3. The number of aromatic hydroxyl groups is 1. The summed E-state index contributed by atoms with van der Waals surface area (Å²) in [6.45, 7) is 2.24. The maximum absolute atomic E-state index is 9.31. The largest absolute Gasteiger partial charge is 0.508 e. The average Bonchev–Trinajstić information content (AvgIpc) is 2.43. The molecule has 0 fully saturated rings. The number of hydrogen-bond donors (Lipinski definition) is 2. The molecule has 0 aromatic heterocycles. The molecule has 0 bridgehead atoms. The van der Waals surface area contributed by atoms with E-state index in [1.807, 2.05) is 12.1 Å². The van der Waals surface area contributed by atoms with E-state index in [0.717, 1.165) is 11.3 Å². The Morgan fingerprint density at radius 2 is 1.79 bits per heavy atom. The van der Waals surface area contributed by atoms with Crippen LogP contribution in [-0.4, -0.2) is 18.2 Å². The van der Waals surface area contributed by atoms with Gasteiger partial charge in [0, 0.05) is 16.2 Å². The molecular formula is C16H20NOS+. The molecule has 3 heteroatoms. The summed E-state index contributed by atoms with van der Waals surface area (Å²) in [5.74, 6) is 0.312. The predicted octanol–water partition coefficient (Wildman–Crippen LogP) is 2.67. The Bertz CT molecular complexity index is 525. The lowest BCUT2D eigenvalue weighted by Crippen LogP contribution is -2.85. The van der Waals surface area contributed by atoms with Crippen LogP contribution in [0.15, 0.2) is 58.3 Å². The maximum Gasteiger partial charge on any atom is 0.115 e. The van der Waals surface area contributed by atoms with E-state index in [9.17, 15) is 5.11 Å². The topological polar surface area (TPSA) is 36.8 Å². The minimum absolute atomic E-state index is 0.312. The van der Waals surface area contributed by atoms with E-state index in [1.54, 1.807) is 23.9 Å². The lowest BCUT2D eigenvalue weighted by Gasteiger charge is -2.12. The van der Waals surface area contributed by atoms with Crippen LogP contribution in [0.4, 0.5) is 0 Å². The van der Waals surface area contributed by atoms with Crippen molar-refractivity contribution in [3.05, 3.63) is 54.1 Å². The fourth-order valence-corrected chi connectivity index (χ4v) is 2.83. The van der Waals surface area contributed by atoms with Gasteiger partial charge in [0.1, 0.15) is 5.75 Å². The molecule has 0 unspecified atom stereocenters. The van der Waals surface area contributed by atoms with Crippen molar-refractivity contribution < 1.29 is 10.4 Å². The molecule has 3 N–H and O–H groups in total.